The number of aryl methyl sites for hydroxylation is 1. The van der Waals surface area contributed by atoms with Crippen LogP contribution < -0.4 is 10.9 Å². The van der Waals surface area contributed by atoms with Crippen molar-refractivity contribution in [1.82, 2.24) is 19.6 Å². The molecule has 2 aromatic rings. The van der Waals surface area contributed by atoms with Gasteiger partial charge in [0.25, 0.3) is 5.56 Å². The quantitative estimate of drug-likeness (QED) is 0.864. The average Bonchev–Trinajstić information content (AvgIpc) is 2.40. The molecule has 1 N–H and O–H groups in total. The molecule has 0 saturated heterocycles. The smallest absolute Gasteiger partial charge is 0.258 e. The van der Waals surface area contributed by atoms with Crippen LogP contribution in [0.15, 0.2) is 29.2 Å². The fourth-order valence-electron chi connectivity index (χ4n) is 2.05. The summed E-state index contributed by atoms with van der Waals surface area (Å²) in [6.07, 6.45) is 1.70. The third-order valence-corrected chi connectivity index (χ3v) is 3.06. The maximum Gasteiger partial charge on any atom is 0.258 e. The van der Waals surface area contributed by atoms with Gasteiger partial charge in [-0.25, -0.2) is 4.98 Å². The van der Waals surface area contributed by atoms with E-state index >= 15 is 0 Å². The summed E-state index contributed by atoms with van der Waals surface area (Å²) in [6, 6.07) is 5.25. The largest absolute Gasteiger partial charge is 0.358 e. The lowest BCUT2D eigenvalue weighted by atomic mass is 10.3. The van der Waals surface area contributed by atoms with Gasteiger partial charge in [-0.2, -0.15) is 0 Å². The summed E-state index contributed by atoms with van der Waals surface area (Å²) in [6.45, 7) is 2.64. The molecule has 0 saturated carbocycles. The van der Waals surface area contributed by atoms with Crippen molar-refractivity contribution in [3.05, 3.63) is 46.0 Å². The molecule has 0 fully saturated rings. The molecule has 2 rings (SSSR count). The predicted octanol–water partition coefficient (Wildman–Crippen LogP) is 0.181. The van der Waals surface area contributed by atoms with Crippen LogP contribution in [0.3, 0.4) is 0 Å². The number of pyridine rings is 1. The summed E-state index contributed by atoms with van der Waals surface area (Å²) in [5.74, 6) is -0.0683. The maximum absolute atomic E-state index is 12.0. The van der Waals surface area contributed by atoms with Gasteiger partial charge in [-0.1, -0.05) is 6.07 Å². The van der Waals surface area contributed by atoms with E-state index in [4.69, 9.17) is 0 Å². The molecule has 0 aromatic carbocycles. The Balaban J connectivity index is 2.30. The lowest BCUT2D eigenvalue weighted by Gasteiger charge is -2.15. The number of fused-ring (bicyclic) bond motifs is 1. The molecule has 0 radical (unpaired) electrons. The second kappa shape index (κ2) is 5.83. The van der Waals surface area contributed by atoms with Crippen LogP contribution in [0.5, 0.6) is 0 Å². The zero-order chi connectivity index (χ0) is 14.7. The first-order valence-electron chi connectivity index (χ1n) is 6.38. The van der Waals surface area contributed by atoms with Crippen molar-refractivity contribution in [2.75, 3.05) is 20.6 Å². The normalized spacial score (nSPS) is 11.0. The van der Waals surface area contributed by atoms with Crippen molar-refractivity contribution in [1.29, 1.82) is 0 Å². The maximum atomic E-state index is 12.0. The van der Waals surface area contributed by atoms with Crippen LogP contribution in [0.25, 0.3) is 5.65 Å². The summed E-state index contributed by atoms with van der Waals surface area (Å²) in [5.41, 5.74) is 2.15. The Bertz CT molecular complexity index is 693. The minimum atomic E-state index is -0.109. The van der Waals surface area contributed by atoms with E-state index < -0.39 is 0 Å². The van der Waals surface area contributed by atoms with Gasteiger partial charge in [-0.05, 0) is 25.6 Å². The number of nitrogens with one attached hydrogen (secondary N) is 1. The van der Waals surface area contributed by atoms with E-state index in [1.54, 1.807) is 13.2 Å². The third-order valence-electron chi connectivity index (χ3n) is 3.06. The molecule has 0 aliphatic heterocycles. The van der Waals surface area contributed by atoms with E-state index in [0.29, 0.717) is 17.9 Å². The Hall–Kier alpha value is -2.21. The highest BCUT2D eigenvalue weighted by molar-refractivity contribution is 5.77. The standard InChI is InChI=1S/C14H18N4O2/c1-10-5-4-6-18-13(20)7-11(16-14(10)18)8-17(3)9-12(19)15-2/h4-7H,8-9H2,1-3H3,(H,15,19). The van der Waals surface area contributed by atoms with Crippen LogP contribution in [0.2, 0.25) is 0 Å². The Kier molecular flexibility index (Phi) is 4.14. The molecule has 2 aromatic heterocycles. The van der Waals surface area contributed by atoms with Gasteiger partial charge in [0.1, 0.15) is 5.65 Å². The second-order valence-corrected chi connectivity index (χ2v) is 4.82. The highest BCUT2D eigenvalue weighted by Gasteiger charge is 2.09. The summed E-state index contributed by atoms with van der Waals surface area (Å²) in [7, 11) is 3.41. The molecular weight excluding hydrogens is 256 g/mol. The SMILES string of the molecule is CNC(=O)CN(C)Cc1cc(=O)n2cccc(C)c2n1. The van der Waals surface area contributed by atoms with E-state index in [1.807, 2.05) is 31.0 Å². The first kappa shape index (κ1) is 14.2. The van der Waals surface area contributed by atoms with Gasteiger partial charge in [0.05, 0.1) is 12.2 Å². The number of aromatic nitrogens is 2. The van der Waals surface area contributed by atoms with Crippen molar-refractivity contribution >= 4 is 11.6 Å². The second-order valence-electron chi connectivity index (χ2n) is 4.82. The number of carbonyl (C=O) groups excluding carboxylic acids is 1. The Morgan fingerprint density at radius 1 is 1.50 bits per heavy atom. The molecule has 6 heteroatoms. The van der Waals surface area contributed by atoms with Crippen LogP contribution in [0.1, 0.15) is 11.3 Å². The van der Waals surface area contributed by atoms with E-state index in [9.17, 15) is 9.59 Å². The zero-order valence-corrected chi connectivity index (χ0v) is 11.9. The van der Waals surface area contributed by atoms with Crippen molar-refractivity contribution in [3.63, 3.8) is 0 Å². The fraction of sp³-hybridized carbons (Fsp3) is 0.357. The number of likely N-dealkylation sites (N-methyl/N-ethyl adjacent to an activating group) is 2. The number of carbonyl (C=O) groups is 1. The van der Waals surface area contributed by atoms with Gasteiger partial charge < -0.3 is 5.32 Å². The van der Waals surface area contributed by atoms with Gasteiger partial charge >= 0.3 is 0 Å². The monoisotopic (exact) mass is 274 g/mol. The number of hydrogen-bond acceptors (Lipinski definition) is 4. The Morgan fingerprint density at radius 3 is 2.95 bits per heavy atom. The molecule has 0 unspecified atom stereocenters. The van der Waals surface area contributed by atoms with Gasteiger partial charge in [0, 0.05) is 25.9 Å². The molecule has 20 heavy (non-hydrogen) atoms. The molecule has 0 aliphatic rings. The van der Waals surface area contributed by atoms with Crippen LogP contribution in [-0.4, -0.2) is 40.8 Å². The minimum Gasteiger partial charge on any atom is -0.358 e. The molecule has 2 heterocycles. The third kappa shape index (κ3) is 3.03. The van der Waals surface area contributed by atoms with Crippen molar-refractivity contribution in [3.8, 4) is 0 Å². The number of nitrogens with zero attached hydrogens (tertiary/aromatic N) is 3. The van der Waals surface area contributed by atoms with Crippen LogP contribution in [0.4, 0.5) is 0 Å². The van der Waals surface area contributed by atoms with Crippen LogP contribution in [0, 0.1) is 6.92 Å². The van der Waals surface area contributed by atoms with Gasteiger partial charge in [-0.3, -0.25) is 18.9 Å². The fourth-order valence-corrected chi connectivity index (χ4v) is 2.05. The summed E-state index contributed by atoms with van der Waals surface area (Å²) in [4.78, 5) is 29.7. The summed E-state index contributed by atoms with van der Waals surface area (Å²) < 4.78 is 1.53. The molecule has 0 spiro atoms. The molecular formula is C14H18N4O2. The Labute approximate surface area is 117 Å². The molecule has 0 aliphatic carbocycles. The lowest BCUT2D eigenvalue weighted by Crippen LogP contribution is -2.33. The first-order chi connectivity index (χ1) is 9.51. The minimum absolute atomic E-state index is 0.0683. The topological polar surface area (TPSA) is 66.7 Å². The van der Waals surface area contributed by atoms with Gasteiger partial charge in [0.15, 0.2) is 0 Å². The molecule has 6 nitrogen and oxygen atoms in total. The Morgan fingerprint density at radius 2 is 2.25 bits per heavy atom. The summed E-state index contributed by atoms with van der Waals surface area (Å²) in [5, 5.41) is 2.56. The predicted molar refractivity (Wildman–Crippen MR) is 76.6 cm³/mol. The molecule has 0 bridgehead atoms. The number of rotatable bonds is 4. The zero-order valence-electron chi connectivity index (χ0n) is 11.9. The van der Waals surface area contributed by atoms with Crippen molar-refractivity contribution < 1.29 is 4.79 Å². The van der Waals surface area contributed by atoms with Crippen LogP contribution >= 0.6 is 0 Å². The number of hydrogen-bond donors (Lipinski definition) is 1. The molecule has 106 valence electrons. The van der Waals surface area contributed by atoms with Crippen molar-refractivity contribution in [2.45, 2.75) is 13.5 Å². The van der Waals surface area contributed by atoms with E-state index in [2.05, 4.69) is 10.3 Å². The highest BCUT2D eigenvalue weighted by Crippen LogP contribution is 2.06. The van der Waals surface area contributed by atoms with Crippen LogP contribution in [-0.2, 0) is 11.3 Å². The highest BCUT2D eigenvalue weighted by atomic mass is 16.2. The van der Waals surface area contributed by atoms with E-state index in [-0.39, 0.29) is 18.0 Å². The first-order valence-corrected chi connectivity index (χ1v) is 6.38. The number of amides is 1. The molecule has 1 amide bonds. The van der Waals surface area contributed by atoms with Gasteiger partial charge in [0.2, 0.25) is 5.91 Å². The molecule has 0 atom stereocenters. The van der Waals surface area contributed by atoms with E-state index in [0.717, 1.165) is 5.56 Å². The van der Waals surface area contributed by atoms with Crippen molar-refractivity contribution in [2.24, 2.45) is 0 Å². The average molecular weight is 274 g/mol. The van der Waals surface area contributed by atoms with Gasteiger partial charge in [-0.15, -0.1) is 0 Å². The van der Waals surface area contributed by atoms with E-state index in [1.165, 1.54) is 10.5 Å². The lowest BCUT2D eigenvalue weighted by molar-refractivity contribution is -0.121. The summed E-state index contributed by atoms with van der Waals surface area (Å²) >= 11 is 0.